The van der Waals surface area contributed by atoms with Crippen LogP contribution in [0.1, 0.15) is 44.1 Å². The van der Waals surface area contributed by atoms with Gasteiger partial charge in [-0.25, -0.2) is 9.18 Å². The average molecular weight is 360 g/mol. The van der Waals surface area contributed by atoms with Crippen molar-refractivity contribution < 1.29 is 18.7 Å². The fraction of sp³-hybridized carbons (Fsp3) is 0.500. The van der Waals surface area contributed by atoms with Crippen molar-refractivity contribution in [3.05, 3.63) is 35.8 Å². The number of carbonyl (C=O) groups excluding carboxylic acids is 2. The number of ether oxygens (including phenoxy) is 1. The lowest BCUT2D eigenvalue weighted by Gasteiger charge is -2.29. The molecule has 0 aliphatic carbocycles. The lowest BCUT2D eigenvalue weighted by molar-refractivity contribution is -0.153. The third kappa shape index (κ3) is 4.06. The Morgan fingerprint density at radius 2 is 2.00 bits per heavy atom. The van der Waals surface area contributed by atoms with Gasteiger partial charge in [0.05, 0.1) is 13.5 Å². The molecule has 1 amide bonds. The minimum Gasteiger partial charge on any atom is -0.467 e. The minimum absolute atomic E-state index is 0.0903. The lowest BCUT2D eigenvalue weighted by atomic mass is 10.1. The van der Waals surface area contributed by atoms with E-state index in [4.69, 9.17) is 4.74 Å². The molecule has 0 radical (unpaired) electrons. The second-order valence-corrected chi connectivity index (χ2v) is 6.86. The van der Waals surface area contributed by atoms with Crippen molar-refractivity contribution in [2.24, 2.45) is 0 Å². The van der Waals surface area contributed by atoms with E-state index in [-0.39, 0.29) is 24.1 Å². The summed E-state index contributed by atoms with van der Waals surface area (Å²) in [6.07, 6.45) is 7.62. The van der Waals surface area contributed by atoms with Gasteiger partial charge in [-0.2, -0.15) is 0 Å². The van der Waals surface area contributed by atoms with Crippen molar-refractivity contribution in [1.29, 1.82) is 0 Å². The zero-order valence-electron chi connectivity index (χ0n) is 15.1. The molecule has 0 spiro atoms. The summed E-state index contributed by atoms with van der Waals surface area (Å²) < 4.78 is 18.3. The van der Waals surface area contributed by atoms with Gasteiger partial charge in [-0.3, -0.25) is 4.79 Å². The number of halogens is 1. The normalized spacial score (nSPS) is 18.8. The molecule has 140 valence electrons. The maximum absolute atomic E-state index is 13.4. The van der Waals surface area contributed by atoms with Crippen LogP contribution in [0.25, 0.3) is 10.9 Å². The highest BCUT2D eigenvalue weighted by molar-refractivity contribution is 5.91. The summed E-state index contributed by atoms with van der Waals surface area (Å²) in [5.74, 6) is -0.753. The Balaban J connectivity index is 1.82. The van der Waals surface area contributed by atoms with Crippen molar-refractivity contribution in [2.45, 2.75) is 51.0 Å². The van der Waals surface area contributed by atoms with Crippen LogP contribution in [-0.2, 0) is 20.7 Å². The van der Waals surface area contributed by atoms with Gasteiger partial charge in [0.2, 0.25) is 5.91 Å². The standard InChI is InChI=1S/C20H25FN2O3/c1-26-20(25)18-7-5-3-2-4-6-10-23(18)19(24)11-14-13-22-17-12-15(21)8-9-16(14)17/h8-9,12-13,18,22H,2-7,10-11H2,1H3. The molecular formula is C20H25FN2O3. The number of methoxy groups -OCH3 is 1. The van der Waals surface area contributed by atoms with Gasteiger partial charge in [-0.1, -0.05) is 25.7 Å². The summed E-state index contributed by atoms with van der Waals surface area (Å²) in [7, 11) is 1.37. The zero-order valence-corrected chi connectivity index (χ0v) is 15.1. The summed E-state index contributed by atoms with van der Waals surface area (Å²) in [5.41, 5.74) is 1.48. The second kappa shape index (κ2) is 8.34. The number of fused-ring (bicyclic) bond motifs is 1. The number of hydrogen-bond acceptors (Lipinski definition) is 3. The van der Waals surface area contributed by atoms with Crippen molar-refractivity contribution in [3.8, 4) is 0 Å². The number of benzene rings is 1. The predicted octanol–water partition coefficient (Wildman–Crippen LogP) is 3.57. The van der Waals surface area contributed by atoms with E-state index in [1.807, 2.05) is 0 Å². The summed E-state index contributed by atoms with van der Waals surface area (Å²) in [4.78, 5) is 30.0. The van der Waals surface area contributed by atoms with Crippen LogP contribution >= 0.6 is 0 Å². The smallest absolute Gasteiger partial charge is 0.328 e. The summed E-state index contributed by atoms with van der Waals surface area (Å²) in [5, 5.41) is 0.832. The first-order valence-corrected chi connectivity index (χ1v) is 9.23. The van der Waals surface area contributed by atoms with Crippen LogP contribution in [0, 0.1) is 5.82 Å². The van der Waals surface area contributed by atoms with E-state index in [0.717, 1.165) is 43.1 Å². The average Bonchev–Trinajstić information content (AvgIpc) is 3.07. The number of nitrogens with zero attached hydrogens (tertiary/aromatic N) is 1. The van der Waals surface area contributed by atoms with Gasteiger partial charge in [0.15, 0.2) is 0 Å². The topological polar surface area (TPSA) is 62.4 Å². The number of amides is 1. The van der Waals surface area contributed by atoms with E-state index >= 15 is 0 Å². The maximum atomic E-state index is 13.4. The van der Waals surface area contributed by atoms with Crippen LogP contribution in [0.2, 0.25) is 0 Å². The molecule has 1 aliphatic rings. The fourth-order valence-corrected chi connectivity index (χ4v) is 3.71. The highest BCUT2D eigenvalue weighted by Crippen LogP contribution is 2.23. The Hall–Kier alpha value is -2.37. The number of rotatable bonds is 3. The highest BCUT2D eigenvalue weighted by Gasteiger charge is 2.30. The molecule has 5 nitrogen and oxygen atoms in total. The van der Waals surface area contributed by atoms with Crippen LogP contribution in [0.3, 0.4) is 0 Å². The summed E-state index contributed by atoms with van der Waals surface area (Å²) in [6.45, 7) is 0.565. The van der Waals surface area contributed by atoms with Gasteiger partial charge >= 0.3 is 5.97 Å². The van der Waals surface area contributed by atoms with Crippen molar-refractivity contribution in [1.82, 2.24) is 9.88 Å². The van der Waals surface area contributed by atoms with Gasteiger partial charge < -0.3 is 14.6 Å². The van der Waals surface area contributed by atoms with E-state index in [1.165, 1.54) is 19.2 Å². The Kier molecular flexibility index (Phi) is 5.91. The lowest BCUT2D eigenvalue weighted by Crippen LogP contribution is -2.46. The third-order valence-electron chi connectivity index (χ3n) is 5.12. The number of carbonyl (C=O) groups is 2. The summed E-state index contributed by atoms with van der Waals surface area (Å²) >= 11 is 0. The molecule has 1 N–H and O–H groups in total. The first-order chi connectivity index (χ1) is 12.6. The minimum atomic E-state index is -0.520. The van der Waals surface area contributed by atoms with E-state index in [9.17, 15) is 14.0 Å². The molecular weight excluding hydrogens is 335 g/mol. The van der Waals surface area contributed by atoms with Gasteiger partial charge in [0, 0.05) is 23.6 Å². The quantitative estimate of drug-likeness (QED) is 0.851. The fourth-order valence-electron chi connectivity index (χ4n) is 3.71. The van der Waals surface area contributed by atoms with Crippen molar-refractivity contribution >= 4 is 22.8 Å². The molecule has 2 aromatic rings. The molecule has 1 fully saturated rings. The van der Waals surface area contributed by atoms with Gasteiger partial charge in [0.1, 0.15) is 11.9 Å². The SMILES string of the molecule is COC(=O)C1CCCCCCCN1C(=O)Cc1c[nH]c2cc(F)ccc12. The van der Waals surface area contributed by atoms with Crippen LogP contribution in [0.5, 0.6) is 0 Å². The van der Waals surface area contributed by atoms with Crippen molar-refractivity contribution in [3.63, 3.8) is 0 Å². The molecule has 0 bridgehead atoms. The van der Waals surface area contributed by atoms with Gasteiger partial charge in [-0.15, -0.1) is 0 Å². The van der Waals surface area contributed by atoms with E-state index in [0.29, 0.717) is 18.5 Å². The van der Waals surface area contributed by atoms with Crippen LogP contribution in [0.15, 0.2) is 24.4 Å². The Morgan fingerprint density at radius 1 is 1.23 bits per heavy atom. The first-order valence-electron chi connectivity index (χ1n) is 9.23. The van der Waals surface area contributed by atoms with Crippen molar-refractivity contribution in [2.75, 3.05) is 13.7 Å². The molecule has 1 aromatic heterocycles. The van der Waals surface area contributed by atoms with Crippen LogP contribution in [0.4, 0.5) is 4.39 Å². The maximum Gasteiger partial charge on any atom is 0.328 e. The second-order valence-electron chi connectivity index (χ2n) is 6.86. The largest absolute Gasteiger partial charge is 0.467 e. The summed E-state index contributed by atoms with van der Waals surface area (Å²) in [6, 6.07) is 3.97. The monoisotopic (exact) mass is 360 g/mol. The molecule has 1 aromatic carbocycles. The molecule has 0 saturated carbocycles. The van der Waals surface area contributed by atoms with E-state index in [2.05, 4.69) is 4.98 Å². The van der Waals surface area contributed by atoms with E-state index < -0.39 is 6.04 Å². The molecule has 26 heavy (non-hydrogen) atoms. The Morgan fingerprint density at radius 3 is 2.81 bits per heavy atom. The van der Waals surface area contributed by atoms with Gasteiger partial charge in [0.25, 0.3) is 0 Å². The third-order valence-corrected chi connectivity index (χ3v) is 5.12. The number of H-pyrrole nitrogens is 1. The molecule has 1 aliphatic heterocycles. The Bertz CT molecular complexity index is 786. The number of aromatic amines is 1. The first kappa shape index (κ1) is 18.4. The Labute approximate surface area is 152 Å². The van der Waals surface area contributed by atoms with Crippen LogP contribution < -0.4 is 0 Å². The highest BCUT2D eigenvalue weighted by atomic mass is 19.1. The number of hydrogen-bond donors (Lipinski definition) is 1. The van der Waals surface area contributed by atoms with Gasteiger partial charge in [-0.05, 0) is 36.6 Å². The number of nitrogens with one attached hydrogen (secondary N) is 1. The molecule has 6 heteroatoms. The molecule has 1 unspecified atom stereocenters. The molecule has 1 saturated heterocycles. The van der Waals surface area contributed by atoms with E-state index in [1.54, 1.807) is 17.2 Å². The van der Waals surface area contributed by atoms with Crippen LogP contribution in [-0.4, -0.2) is 41.5 Å². The molecule has 2 heterocycles. The zero-order chi connectivity index (χ0) is 18.5. The predicted molar refractivity (Wildman–Crippen MR) is 97.2 cm³/mol. The molecule has 1 atom stereocenters. The number of aromatic nitrogens is 1. The number of esters is 1. The molecule has 3 rings (SSSR count).